The van der Waals surface area contributed by atoms with Gasteiger partial charge in [-0.2, -0.15) is 0 Å². The quantitative estimate of drug-likeness (QED) is 0.576. The van der Waals surface area contributed by atoms with Crippen LogP contribution in [-0.4, -0.2) is 47.0 Å². The van der Waals surface area contributed by atoms with Gasteiger partial charge in [-0.3, -0.25) is 0 Å². The van der Waals surface area contributed by atoms with Crippen molar-refractivity contribution in [1.29, 1.82) is 0 Å². The average molecular weight is 262 g/mol. The maximum Gasteiger partial charge on any atom is 0.463 e. The van der Waals surface area contributed by atoms with Gasteiger partial charge in [0, 0.05) is 18.9 Å². The molecule has 2 aliphatic rings. The molecule has 4 nitrogen and oxygen atoms in total. The van der Waals surface area contributed by atoms with Crippen LogP contribution in [0.4, 0.5) is 0 Å². The Bertz CT molecular complexity index is 284. The third kappa shape index (κ3) is 2.49. The van der Waals surface area contributed by atoms with Crippen molar-refractivity contribution in [2.75, 3.05) is 13.1 Å². The number of hydrogen-bond donors (Lipinski definition) is 1. The zero-order chi connectivity index (χ0) is 12.8. The van der Waals surface area contributed by atoms with E-state index < -0.39 is 6.10 Å². The molecule has 2 atom stereocenters. The molecule has 2 unspecified atom stereocenters. The van der Waals surface area contributed by atoms with E-state index in [9.17, 15) is 5.11 Å². The molecule has 98 valence electrons. The Hall–Kier alpha value is 0.195. The Morgan fingerprint density at radius 1 is 1.24 bits per heavy atom. The van der Waals surface area contributed by atoms with Crippen LogP contribution in [0.25, 0.3) is 0 Å². The zero-order valence-electron chi connectivity index (χ0n) is 10.9. The number of rotatable bonds is 1. The Balaban J connectivity index is 2.06. The number of aliphatic hydroxyl groups excluding tert-OH is 1. The van der Waals surface area contributed by atoms with Crippen molar-refractivity contribution < 1.29 is 14.4 Å². The van der Waals surface area contributed by atoms with Gasteiger partial charge in [0.2, 0.25) is 0 Å². The van der Waals surface area contributed by atoms with Crippen molar-refractivity contribution in [3.8, 4) is 0 Å². The molecule has 0 aromatic rings. The van der Waals surface area contributed by atoms with Crippen LogP contribution in [0.15, 0.2) is 0 Å². The van der Waals surface area contributed by atoms with Gasteiger partial charge < -0.3 is 14.4 Å². The van der Waals surface area contributed by atoms with E-state index in [4.69, 9.17) is 21.1 Å². The van der Waals surface area contributed by atoms with E-state index in [1.54, 1.807) is 4.42 Å². The number of β-amino-alcohol motifs (C(OH)–C–C–N with tert-alkyl or cyclic N) is 1. The summed E-state index contributed by atoms with van der Waals surface area (Å²) >= 11 is 5.89. The van der Waals surface area contributed by atoms with Crippen LogP contribution in [0.2, 0.25) is 5.82 Å². The largest absolute Gasteiger partial charge is 0.463 e. The molecule has 1 N–H and O–H groups in total. The topological polar surface area (TPSA) is 41.9 Å². The number of hydrogen-bond acceptors (Lipinski definition) is 4. The molecule has 2 fully saturated rings. The standard InChI is InChI=1S/C11H21BClNO3/c1-10(2)11(3,4)17-12(16-10)8-5-6-14(13)7-9(8)15/h8-9,15H,5-7H2,1-4H3. The van der Waals surface area contributed by atoms with Crippen LogP contribution in [0.3, 0.4) is 0 Å². The van der Waals surface area contributed by atoms with Crippen molar-refractivity contribution in [1.82, 2.24) is 4.42 Å². The van der Waals surface area contributed by atoms with Crippen LogP contribution in [0.1, 0.15) is 34.1 Å². The molecule has 0 saturated carbocycles. The number of halogens is 1. The maximum atomic E-state index is 10.1. The van der Waals surface area contributed by atoms with Crippen molar-refractivity contribution in [3.05, 3.63) is 0 Å². The Morgan fingerprint density at radius 3 is 2.24 bits per heavy atom. The van der Waals surface area contributed by atoms with E-state index in [0.29, 0.717) is 6.54 Å². The molecule has 2 saturated heterocycles. The first-order chi connectivity index (χ1) is 7.73. The summed E-state index contributed by atoms with van der Waals surface area (Å²) in [5.41, 5.74) is -0.676. The van der Waals surface area contributed by atoms with Crippen LogP contribution in [-0.2, 0) is 9.31 Å². The van der Waals surface area contributed by atoms with E-state index in [0.717, 1.165) is 13.0 Å². The highest BCUT2D eigenvalue weighted by Gasteiger charge is 2.55. The number of piperidine rings is 1. The van der Waals surface area contributed by atoms with Crippen LogP contribution in [0.5, 0.6) is 0 Å². The Labute approximate surface area is 108 Å². The first-order valence-corrected chi connectivity index (χ1v) is 6.51. The summed E-state index contributed by atoms with van der Waals surface area (Å²) in [4.78, 5) is 0. The highest BCUT2D eigenvalue weighted by molar-refractivity contribution is 6.47. The van der Waals surface area contributed by atoms with Crippen LogP contribution >= 0.6 is 11.8 Å². The van der Waals surface area contributed by atoms with Gasteiger partial charge in [0.15, 0.2) is 0 Å². The Morgan fingerprint density at radius 2 is 1.76 bits per heavy atom. The summed E-state index contributed by atoms with van der Waals surface area (Å²) in [6.07, 6.45) is 0.303. The fourth-order valence-electron chi connectivity index (χ4n) is 2.29. The first-order valence-electron chi connectivity index (χ1n) is 6.17. The van der Waals surface area contributed by atoms with Gasteiger partial charge in [-0.25, -0.2) is 4.42 Å². The molecule has 0 aromatic heterocycles. The maximum absolute atomic E-state index is 10.1. The highest BCUT2D eigenvalue weighted by Crippen LogP contribution is 2.42. The molecule has 6 heteroatoms. The summed E-state index contributed by atoms with van der Waals surface area (Å²) in [7, 11) is -0.333. The van der Waals surface area contributed by atoms with E-state index in [1.165, 1.54) is 0 Å². The molecular weight excluding hydrogens is 240 g/mol. The van der Waals surface area contributed by atoms with Crippen molar-refractivity contribution in [2.45, 2.75) is 57.2 Å². The molecule has 17 heavy (non-hydrogen) atoms. The molecular formula is C11H21BClNO3. The fraction of sp³-hybridized carbons (Fsp3) is 1.00. The SMILES string of the molecule is CC1(C)OB(C2CCN(Cl)CC2O)OC1(C)C. The second kappa shape index (κ2) is 4.39. The number of aliphatic hydroxyl groups is 1. The summed E-state index contributed by atoms with van der Waals surface area (Å²) in [5.74, 6) is 0.00560. The lowest BCUT2D eigenvalue weighted by atomic mass is 9.65. The summed E-state index contributed by atoms with van der Waals surface area (Å²) < 4.78 is 13.5. The van der Waals surface area contributed by atoms with Gasteiger partial charge in [-0.05, 0) is 45.9 Å². The minimum atomic E-state index is -0.490. The normalized spacial score (nSPS) is 37.4. The van der Waals surface area contributed by atoms with Gasteiger partial charge in [-0.1, -0.05) is 0 Å². The van der Waals surface area contributed by atoms with Crippen molar-refractivity contribution in [2.24, 2.45) is 0 Å². The second-order valence-electron chi connectivity index (χ2n) is 6.01. The predicted octanol–water partition coefficient (Wildman–Crippen LogP) is 1.67. The lowest BCUT2D eigenvalue weighted by Gasteiger charge is -2.32. The monoisotopic (exact) mass is 261 g/mol. The molecule has 0 aromatic carbocycles. The lowest BCUT2D eigenvalue weighted by molar-refractivity contribution is 0.00578. The average Bonchev–Trinajstić information content (AvgIpc) is 2.35. The van der Waals surface area contributed by atoms with E-state index in [-0.39, 0.29) is 24.1 Å². The summed E-state index contributed by atoms with van der Waals surface area (Å²) in [6, 6.07) is 0. The zero-order valence-corrected chi connectivity index (χ0v) is 11.7. The smallest absolute Gasteiger partial charge is 0.403 e. The lowest BCUT2D eigenvalue weighted by Crippen LogP contribution is -2.44. The third-order valence-electron chi connectivity index (χ3n) is 4.21. The van der Waals surface area contributed by atoms with E-state index in [2.05, 4.69) is 0 Å². The molecule has 2 aliphatic heterocycles. The van der Waals surface area contributed by atoms with Crippen LogP contribution < -0.4 is 0 Å². The predicted molar refractivity (Wildman–Crippen MR) is 67.9 cm³/mol. The minimum absolute atomic E-state index is 0.00560. The van der Waals surface area contributed by atoms with E-state index in [1.807, 2.05) is 27.7 Å². The van der Waals surface area contributed by atoms with Crippen molar-refractivity contribution in [3.63, 3.8) is 0 Å². The summed E-state index contributed by atoms with van der Waals surface area (Å²) in [5, 5.41) is 10.1. The fourth-order valence-corrected chi connectivity index (χ4v) is 2.53. The van der Waals surface area contributed by atoms with Gasteiger partial charge in [0.05, 0.1) is 17.3 Å². The van der Waals surface area contributed by atoms with Gasteiger partial charge in [0.25, 0.3) is 0 Å². The molecule has 0 aliphatic carbocycles. The van der Waals surface area contributed by atoms with Crippen molar-refractivity contribution >= 4 is 18.9 Å². The molecule has 2 rings (SSSR count). The molecule has 0 radical (unpaired) electrons. The number of nitrogens with zero attached hydrogens (tertiary/aromatic N) is 1. The third-order valence-corrected chi connectivity index (χ3v) is 4.51. The minimum Gasteiger partial charge on any atom is -0.403 e. The second-order valence-corrected chi connectivity index (χ2v) is 6.49. The molecule has 0 spiro atoms. The summed E-state index contributed by atoms with van der Waals surface area (Å²) in [6.45, 7) is 9.32. The van der Waals surface area contributed by atoms with Gasteiger partial charge in [-0.15, -0.1) is 0 Å². The van der Waals surface area contributed by atoms with Gasteiger partial charge in [0.1, 0.15) is 0 Å². The van der Waals surface area contributed by atoms with Crippen LogP contribution in [0, 0.1) is 0 Å². The highest BCUT2D eigenvalue weighted by atomic mass is 35.5. The van der Waals surface area contributed by atoms with Gasteiger partial charge >= 0.3 is 7.12 Å². The Kier molecular flexibility index (Phi) is 3.52. The molecule has 2 heterocycles. The van der Waals surface area contributed by atoms with E-state index >= 15 is 0 Å². The first kappa shape index (κ1) is 13.6. The molecule has 0 bridgehead atoms. The molecule has 0 amide bonds.